The van der Waals surface area contributed by atoms with Crippen molar-refractivity contribution < 1.29 is 19.4 Å². The largest absolute Gasteiger partial charge is 0.505 e. The molecule has 1 fully saturated rings. The number of ether oxygens (including phenoxy) is 2. The van der Waals surface area contributed by atoms with E-state index in [-0.39, 0.29) is 11.7 Å². The molecule has 0 unspecified atom stereocenters. The van der Waals surface area contributed by atoms with Gasteiger partial charge in [0.1, 0.15) is 28.2 Å². The molecule has 0 aliphatic carbocycles. The van der Waals surface area contributed by atoms with Gasteiger partial charge >= 0.3 is 0 Å². The number of carbonyl (C=O) groups excluding carboxylic acids is 1. The van der Waals surface area contributed by atoms with Gasteiger partial charge in [0.2, 0.25) is 5.91 Å². The van der Waals surface area contributed by atoms with E-state index in [2.05, 4.69) is 20.4 Å². The van der Waals surface area contributed by atoms with Crippen LogP contribution >= 0.6 is 11.6 Å². The minimum absolute atomic E-state index is 0.00485. The molecule has 1 saturated heterocycles. The van der Waals surface area contributed by atoms with Crippen LogP contribution in [-0.4, -0.2) is 76.9 Å². The molecule has 1 aliphatic rings. The summed E-state index contributed by atoms with van der Waals surface area (Å²) in [4.78, 5) is 15.6. The van der Waals surface area contributed by atoms with E-state index in [4.69, 9.17) is 21.1 Å². The number of halogens is 1. The topological polar surface area (TPSA) is 102 Å². The Morgan fingerprint density at radius 1 is 1.16 bits per heavy atom. The van der Waals surface area contributed by atoms with Gasteiger partial charge in [0.25, 0.3) is 0 Å². The summed E-state index contributed by atoms with van der Waals surface area (Å²) in [7, 11) is 0. The molecule has 0 radical (unpaired) electrons. The number of morpholine rings is 1. The fourth-order valence-electron chi connectivity index (χ4n) is 3.45. The van der Waals surface area contributed by atoms with E-state index in [9.17, 15) is 9.90 Å². The maximum Gasteiger partial charge on any atom is 0.220 e. The molecule has 0 saturated carbocycles. The SMILES string of the molecule is O=C(CCCOc1ccc(-n2nc3ccc(Cl)cc3n2)c(O)c1)NCCN1CCOCC1. The predicted molar refractivity (Wildman–Crippen MR) is 121 cm³/mol. The molecule has 4 rings (SSSR count). The Morgan fingerprint density at radius 3 is 2.78 bits per heavy atom. The second-order valence-electron chi connectivity index (χ2n) is 7.53. The van der Waals surface area contributed by atoms with Gasteiger partial charge in [-0.05, 0) is 36.8 Å². The first kappa shape index (κ1) is 22.3. The van der Waals surface area contributed by atoms with Crippen LogP contribution in [0.25, 0.3) is 16.7 Å². The highest BCUT2D eigenvalue weighted by molar-refractivity contribution is 6.31. The lowest BCUT2D eigenvalue weighted by atomic mass is 10.2. The van der Waals surface area contributed by atoms with Gasteiger partial charge in [0, 0.05) is 43.7 Å². The van der Waals surface area contributed by atoms with Crippen molar-refractivity contribution in [3.05, 3.63) is 41.4 Å². The number of nitrogens with one attached hydrogen (secondary N) is 1. The number of phenols is 1. The molecular weight excluding hydrogens is 434 g/mol. The first-order chi connectivity index (χ1) is 15.6. The molecule has 3 aromatic rings. The van der Waals surface area contributed by atoms with Gasteiger partial charge in [-0.15, -0.1) is 15.0 Å². The smallest absolute Gasteiger partial charge is 0.220 e. The van der Waals surface area contributed by atoms with Crippen LogP contribution in [0.4, 0.5) is 0 Å². The van der Waals surface area contributed by atoms with Crippen LogP contribution < -0.4 is 10.1 Å². The predicted octanol–water partition coefficient (Wildman–Crippen LogP) is 2.39. The molecule has 0 atom stereocenters. The van der Waals surface area contributed by atoms with Crippen molar-refractivity contribution in [2.75, 3.05) is 46.0 Å². The summed E-state index contributed by atoms with van der Waals surface area (Å²) in [5.41, 5.74) is 1.75. The molecule has 32 heavy (non-hydrogen) atoms. The third kappa shape index (κ3) is 5.87. The third-order valence-corrected chi connectivity index (χ3v) is 5.41. The van der Waals surface area contributed by atoms with Crippen LogP contribution in [0.15, 0.2) is 36.4 Å². The van der Waals surface area contributed by atoms with Gasteiger partial charge in [0.15, 0.2) is 0 Å². The van der Waals surface area contributed by atoms with Crippen molar-refractivity contribution in [1.82, 2.24) is 25.2 Å². The summed E-state index contributed by atoms with van der Waals surface area (Å²) in [6.45, 7) is 5.19. The average molecular weight is 460 g/mol. The van der Waals surface area contributed by atoms with Crippen molar-refractivity contribution in [3.8, 4) is 17.2 Å². The number of hydrogen-bond acceptors (Lipinski definition) is 7. The van der Waals surface area contributed by atoms with Crippen LogP contribution in [0.1, 0.15) is 12.8 Å². The van der Waals surface area contributed by atoms with E-state index in [1.165, 1.54) is 10.9 Å². The zero-order valence-corrected chi connectivity index (χ0v) is 18.4. The molecular formula is C22H26ClN5O4. The highest BCUT2D eigenvalue weighted by atomic mass is 35.5. The lowest BCUT2D eigenvalue weighted by Crippen LogP contribution is -2.41. The van der Waals surface area contributed by atoms with Crippen molar-refractivity contribution in [1.29, 1.82) is 0 Å². The van der Waals surface area contributed by atoms with Gasteiger partial charge in [-0.3, -0.25) is 9.69 Å². The lowest BCUT2D eigenvalue weighted by Gasteiger charge is -2.26. The molecule has 0 bridgehead atoms. The third-order valence-electron chi connectivity index (χ3n) is 5.18. The number of rotatable bonds is 9. The second kappa shape index (κ2) is 10.6. The van der Waals surface area contributed by atoms with Crippen LogP contribution in [-0.2, 0) is 9.53 Å². The van der Waals surface area contributed by atoms with Crippen molar-refractivity contribution in [2.24, 2.45) is 0 Å². The van der Waals surface area contributed by atoms with Gasteiger partial charge in [-0.2, -0.15) is 0 Å². The van der Waals surface area contributed by atoms with Gasteiger partial charge in [-0.1, -0.05) is 11.6 Å². The van der Waals surface area contributed by atoms with Gasteiger partial charge in [-0.25, -0.2) is 0 Å². The summed E-state index contributed by atoms with van der Waals surface area (Å²) in [5.74, 6) is 0.519. The van der Waals surface area contributed by atoms with E-state index in [1.807, 2.05) is 0 Å². The van der Waals surface area contributed by atoms with E-state index in [0.29, 0.717) is 53.5 Å². The van der Waals surface area contributed by atoms with E-state index >= 15 is 0 Å². The lowest BCUT2D eigenvalue weighted by molar-refractivity contribution is -0.121. The number of carbonyl (C=O) groups is 1. The fraction of sp³-hybridized carbons (Fsp3) is 0.409. The quantitative estimate of drug-likeness (QED) is 0.474. The van der Waals surface area contributed by atoms with E-state index < -0.39 is 0 Å². The van der Waals surface area contributed by atoms with Crippen molar-refractivity contribution >= 4 is 28.5 Å². The molecule has 2 heterocycles. The van der Waals surface area contributed by atoms with Crippen LogP contribution in [0.2, 0.25) is 5.02 Å². The van der Waals surface area contributed by atoms with Crippen LogP contribution in [0.3, 0.4) is 0 Å². The monoisotopic (exact) mass is 459 g/mol. The Labute approximate surface area is 190 Å². The fourth-order valence-corrected chi connectivity index (χ4v) is 3.61. The Balaban J connectivity index is 1.21. The molecule has 2 aromatic carbocycles. The summed E-state index contributed by atoms with van der Waals surface area (Å²) in [5, 5.41) is 22.6. The zero-order chi connectivity index (χ0) is 22.3. The summed E-state index contributed by atoms with van der Waals surface area (Å²) in [6, 6.07) is 10.2. The van der Waals surface area contributed by atoms with E-state index in [1.54, 1.807) is 30.3 Å². The normalized spacial score (nSPS) is 14.5. The molecule has 9 nitrogen and oxygen atoms in total. The number of nitrogens with zero attached hydrogens (tertiary/aromatic N) is 4. The molecule has 0 spiro atoms. The summed E-state index contributed by atoms with van der Waals surface area (Å²) in [6.07, 6.45) is 0.971. The number of phenolic OH excluding ortho intramolecular Hbond substituents is 1. The summed E-state index contributed by atoms with van der Waals surface area (Å²) >= 11 is 5.99. The zero-order valence-electron chi connectivity index (χ0n) is 17.7. The molecule has 1 amide bonds. The molecule has 1 aliphatic heterocycles. The maximum absolute atomic E-state index is 12.0. The Morgan fingerprint density at radius 2 is 1.97 bits per heavy atom. The number of aromatic hydroxyl groups is 1. The minimum Gasteiger partial charge on any atom is -0.505 e. The van der Waals surface area contributed by atoms with Crippen LogP contribution in [0, 0.1) is 0 Å². The molecule has 2 N–H and O–H groups in total. The number of aromatic nitrogens is 3. The van der Waals surface area contributed by atoms with Crippen molar-refractivity contribution in [2.45, 2.75) is 12.8 Å². The summed E-state index contributed by atoms with van der Waals surface area (Å²) < 4.78 is 11.0. The van der Waals surface area contributed by atoms with E-state index in [0.717, 1.165) is 32.8 Å². The minimum atomic E-state index is -0.00485. The molecule has 170 valence electrons. The first-order valence-electron chi connectivity index (χ1n) is 10.6. The average Bonchev–Trinajstić information content (AvgIpc) is 3.20. The number of benzene rings is 2. The Bertz CT molecular complexity index is 1070. The second-order valence-corrected chi connectivity index (χ2v) is 7.97. The Hall–Kier alpha value is -2.88. The van der Waals surface area contributed by atoms with Crippen LogP contribution in [0.5, 0.6) is 11.5 Å². The number of amides is 1. The van der Waals surface area contributed by atoms with Crippen molar-refractivity contribution in [3.63, 3.8) is 0 Å². The maximum atomic E-state index is 12.0. The highest BCUT2D eigenvalue weighted by Crippen LogP contribution is 2.27. The standard InChI is InChI=1S/C22H26ClN5O4/c23-16-3-5-18-19(14-16)26-28(25-18)20-6-4-17(15-21(20)29)32-11-1-2-22(30)24-7-8-27-9-12-31-13-10-27/h3-6,14-15,29H,1-2,7-13H2,(H,24,30). The highest BCUT2D eigenvalue weighted by Gasteiger charge is 2.12. The van der Waals surface area contributed by atoms with Gasteiger partial charge < -0.3 is 19.9 Å². The Kier molecular flexibility index (Phi) is 7.41. The van der Waals surface area contributed by atoms with Gasteiger partial charge in [0.05, 0.1) is 19.8 Å². The first-order valence-corrected chi connectivity index (χ1v) is 11.0. The molecule has 10 heteroatoms. The number of hydrogen-bond donors (Lipinski definition) is 2. The number of fused-ring (bicyclic) bond motifs is 1. The molecule has 1 aromatic heterocycles.